The van der Waals surface area contributed by atoms with Crippen LogP contribution < -0.4 is 10.4 Å². The Morgan fingerprint density at radius 3 is 2.97 bits per heavy atom. The zero-order valence-corrected chi connectivity index (χ0v) is 22.4. The highest BCUT2D eigenvalue weighted by Crippen LogP contribution is 2.48. The summed E-state index contributed by atoms with van der Waals surface area (Å²) in [5.41, 5.74) is 4.24. The number of rotatable bonds is 9. The predicted molar refractivity (Wildman–Crippen MR) is 144 cm³/mol. The van der Waals surface area contributed by atoms with Crippen LogP contribution in [-0.2, 0) is 14.4 Å². The molecule has 0 radical (unpaired) electrons. The number of esters is 1. The number of furan rings is 1. The van der Waals surface area contributed by atoms with Gasteiger partial charge in [0.05, 0.1) is 31.4 Å². The Labute approximate surface area is 228 Å². The largest absolute Gasteiger partial charge is 0.461 e. The zero-order valence-electron chi connectivity index (χ0n) is 21.6. The number of ketones is 1. The van der Waals surface area contributed by atoms with Crippen molar-refractivity contribution in [2.75, 3.05) is 31.4 Å². The highest BCUT2D eigenvalue weighted by molar-refractivity contribution is 7.99. The summed E-state index contributed by atoms with van der Waals surface area (Å²) in [7, 11) is 0. The quantitative estimate of drug-likeness (QED) is 0.205. The van der Waals surface area contributed by atoms with Gasteiger partial charge in [0, 0.05) is 30.1 Å². The van der Waals surface area contributed by atoms with Gasteiger partial charge in [-0.2, -0.15) is 0 Å². The van der Waals surface area contributed by atoms with Crippen LogP contribution >= 0.6 is 11.8 Å². The number of anilines is 1. The van der Waals surface area contributed by atoms with Crippen LogP contribution in [0.5, 0.6) is 0 Å². The molecule has 3 N–H and O–H groups in total. The third-order valence-electron chi connectivity index (χ3n) is 6.63. The van der Waals surface area contributed by atoms with Crippen LogP contribution in [0.25, 0.3) is 11.2 Å². The zero-order chi connectivity index (χ0) is 26.9. The Balaban J connectivity index is 1.42. The molecule has 2 aliphatic heterocycles. The molecule has 1 unspecified atom stereocenters. The smallest absolute Gasteiger partial charge is 0.357 e. The van der Waals surface area contributed by atoms with Crippen LogP contribution in [0, 0.1) is 0 Å². The first-order chi connectivity index (χ1) is 19.1. The summed E-state index contributed by atoms with van der Waals surface area (Å²) in [6, 6.07) is 7.44. The highest BCUT2D eigenvalue weighted by atomic mass is 32.2. The molecule has 0 spiro atoms. The Bertz CT molecular complexity index is 1540. The van der Waals surface area contributed by atoms with E-state index in [1.807, 2.05) is 24.3 Å². The van der Waals surface area contributed by atoms with Gasteiger partial charge >= 0.3 is 5.97 Å². The van der Waals surface area contributed by atoms with E-state index in [1.165, 1.54) is 11.8 Å². The number of hydrogen-bond donors (Lipinski definition) is 3. The van der Waals surface area contributed by atoms with Crippen molar-refractivity contribution in [2.45, 2.75) is 42.9 Å². The van der Waals surface area contributed by atoms with Gasteiger partial charge in [-0.25, -0.2) is 19.8 Å². The molecule has 12 heteroatoms. The maximum atomic E-state index is 13.4. The standard InChI is InChI=1S/C27H28N6O5S/c1-3-5-11-37-33-17-13-28-14-18(34)22(17)21(15-12-30-23(24(15)33)26(35)36-4-2)19-8-9-20(38-19)39-27-31-16-7-6-10-29-25(16)32-27/h6-10,12,21,28,30H,3-5,11,13-14H2,1-2H3,(H,29,31,32). The highest BCUT2D eigenvalue weighted by Gasteiger charge is 2.43. The van der Waals surface area contributed by atoms with Crippen molar-refractivity contribution in [3.8, 4) is 0 Å². The second-order valence-corrected chi connectivity index (χ2v) is 10.2. The molecule has 202 valence electrons. The van der Waals surface area contributed by atoms with Gasteiger partial charge < -0.3 is 24.4 Å². The van der Waals surface area contributed by atoms with Gasteiger partial charge in [0.15, 0.2) is 27.4 Å². The van der Waals surface area contributed by atoms with Crippen molar-refractivity contribution in [1.82, 2.24) is 25.3 Å². The van der Waals surface area contributed by atoms with Gasteiger partial charge in [0.2, 0.25) is 0 Å². The Morgan fingerprint density at radius 2 is 2.15 bits per heavy atom. The summed E-state index contributed by atoms with van der Waals surface area (Å²) in [4.78, 5) is 47.6. The molecule has 39 heavy (non-hydrogen) atoms. The van der Waals surface area contributed by atoms with Crippen molar-refractivity contribution >= 4 is 40.4 Å². The SMILES string of the molecule is CCCCON1C2=C(C(=O)CNC2)C(c2ccc(Sc3nc4cccnc4[nH]3)o2)c2c[nH]c(C(=O)OCC)c21. The van der Waals surface area contributed by atoms with Crippen molar-refractivity contribution in [3.63, 3.8) is 0 Å². The molecule has 0 saturated heterocycles. The van der Waals surface area contributed by atoms with Gasteiger partial charge in [-0.1, -0.05) is 13.3 Å². The molecule has 11 nitrogen and oxygen atoms in total. The van der Waals surface area contributed by atoms with Crippen LogP contribution in [0.2, 0.25) is 0 Å². The number of aromatic nitrogens is 4. The number of Topliss-reactive ketones (excluding diaryl/α,β-unsaturated/α-hetero) is 1. The fourth-order valence-electron chi connectivity index (χ4n) is 4.92. The number of ether oxygens (including phenoxy) is 1. The summed E-state index contributed by atoms with van der Waals surface area (Å²) < 4.78 is 11.6. The normalized spacial score (nSPS) is 17.0. The first kappa shape index (κ1) is 25.4. The topological polar surface area (TPSA) is 138 Å². The van der Waals surface area contributed by atoms with Crippen LogP contribution in [0.4, 0.5) is 5.69 Å². The van der Waals surface area contributed by atoms with E-state index in [-0.39, 0.29) is 24.6 Å². The third kappa shape index (κ3) is 4.64. The minimum Gasteiger partial charge on any atom is -0.461 e. The second-order valence-electron chi connectivity index (χ2n) is 9.16. The van der Waals surface area contributed by atoms with Crippen LogP contribution in [0.3, 0.4) is 0 Å². The maximum absolute atomic E-state index is 13.4. The number of unbranched alkanes of at least 4 members (excludes halogenated alkanes) is 1. The van der Waals surface area contributed by atoms with E-state index < -0.39 is 11.9 Å². The fraction of sp³-hybridized carbons (Fsp3) is 0.333. The number of hydrogen-bond acceptors (Lipinski definition) is 10. The van der Waals surface area contributed by atoms with Gasteiger partial charge in [-0.05, 0) is 49.4 Å². The number of carbonyl (C=O) groups is 2. The first-order valence-corrected chi connectivity index (χ1v) is 13.8. The van der Waals surface area contributed by atoms with Gasteiger partial charge in [0.1, 0.15) is 17.0 Å². The van der Waals surface area contributed by atoms with Crippen molar-refractivity contribution < 1.29 is 23.6 Å². The molecule has 0 aromatic carbocycles. The van der Waals surface area contributed by atoms with Crippen molar-refractivity contribution in [2.24, 2.45) is 0 Å². The first-order valence-electron chi connectivity index (χ1n) is 13.0. The molecule has 0 amide bonds. The van der Waals surface area contributed by atoms with Gasteiger partial charge in [-0.3, -0.25) is 9.63 Å². The third-order valence-corrected chi connectivity index (χ3v) is 7.44. The number of H-pyrrole nitrogens is 2. The lowest BCUT2D eigenvalue weighted by atomic mass is 9.81. The van der Waals surface area contributed by atoms with E-state index in [0.29, 0.717) is 57.3 Å². The fourth-order valence-corrected chi connectivity index (χ4v) is 5.68. The molecule has 6 rings (SSSR count). The summed E-state index contributed by atoms with van der Waals surface area (Å²) in [6.07, 6.45) is 5.22. The molecule has 1 atom stereocenters. The van der Waals surface area contributed by atoms with E-state index in [9.17, 15) is 9.59 Å². The lowest BCUT2D eigenvalue weighted by Gasteiger charge is -2.38. The minimum atomic E-state index is -0.526. The molecule has 4 aromatic heterocycles. The molecule has 6 heterocycles. The summed E-state index contributed by atoms with van der Waals surface area (Å²) >= 11 is 1.34. The molecule has 4 aromatic rings. The minimum absolute atomic E-state index is 0.0520. The van der Waals surface area contributed by atoms with Gasteiger partial charge in [-0.15, -0.1) is 0 Å². The molecular weight excluding hydrogens is 520 g/mol. The van der Waals surface area contributed by atoms with Crippen molar-refractivity contribution in [1.29, 1.82) is 0 Å². The second kappa shape index (κ2) is 10.7. The van der Waals surface area contributed by atoms with Crippen LogP contribution in [0.15, 0.2) is 62.6 Å². The molecule has 0 aliphatic carbocycles. The lowest BCUT2D eigenvalue weighted by molar-refractivity contribution is -0.115. The number of fused-ring (bicyclic) bond motifs is 2. The molecule has 0 fully saturated rings. The molecule has 0 saturated carbocycles. The molecular formula is C27H28N6O5S. The van der Waals surface area contributed by atoms with Crippen molar-refractivity contribution in [3.05, 3.63) is 64.9 Å². The van der Waals surface area contributed by atoms with E-state index in [2.05, 4.69) is 32.2 Å². The Morgan fingerprint density at radius 1 is 1.26 bits per heavy atom. The molecule has 2 aliphatic rings. The monoisotopic (exact) mass is 548 g/mol. The number of nitrogens with one attached hydrogen (secondary N) is 3. The summed E-state index contributed by atoms with van der Waals surface area (Å²) in [5.74, 6) is -0.487. The Hall–Kier alpha value is -3.87. The maximum Gasteiger partial charge on any atom is 0.357 e. The molecule has 0 bridgehead atoms. The number of pyridine rings is 1. The number of imidazole rings is 1. The number of carbonyl (C=O) groups excluding carboxylic acids is 2. The van der Waals surface area contributed by atoms with E-state index in [4.69, 9.17) is 14.0 Å². The van der Waals surface area contributed by atoms with E-state index in [0.717, 1.165) is 18.4 Å². The van der Waals surface area contributed by atoms with Crippen LogP contribution in [0.1, 0.15) is 54.4 Å². The number of aromatic amines is 2. The van der Waals surface area contributed by atoms with Crippen LogP contribution in [-0.4, -0.2) is 58.0 Å². The average Bonchev–Trinajstić information content (AvgIpc) is 3.67. The summed E-state index contributed by atoms with van der Waals surface area (Å²) in [5, 5.41) is 6.05. The number of hydroxylamine groups is 1. The Kier molecular flexibility index (Phi) is 6.98. The number of nitrogens with zero attached hydrogens (tertiary/aromatic N) is 3. The average molecular weight is 549 g/mol. The van der Waals surface area contributed by atoms with E-state index >= 15 is 0 Å². The predicted octanol–water partition coefficient (Wildman–Crippen LogP) is 4.32. The van der Waals surface area contributed by atoms with Gasteiger partial charge in [0.25, 0.3) is 0 Å². The van der Waals surface area contributed by atoms with E-state index in [1.54, 1.807) is 24.4 Å². The lowest BCUT2D eigenvalue weighted by Crippen LogP contribution is -2.44. The summed E-state index contributed by atoms with van der Waals surface area (Å²) in [6.45, 7) is 5.12.